The average molecular weight is 511 g/mol. The number of amides is 1. The van der Waals surface area contributed by atoms with Crippen molar-refractivity contribution in [1.82, 2.24) is 9.97 Å². The third-order valence-electron chi connectivity index (χ3n) is 5.65. The Bertz CT molecular complexity index is 1380. The first-order valence-corrected chi connectivity index (χ1v) is 11.6. The van der Waals surface area contributed by atoms with E-state index in [0.717, 1.165) is 17.4 Å². The summed E-state index contributed by atoms with van der Waals surface area (Å²) < 4.78 is 55.6. The van der Waals surface area contributed by atoms with Gasteiger partial charge in [-0.25, -0.2) is 27.5 Å². The molecule has 0 saturated heterocycles. The van der Waals surface area contributed by atoms with Crippen LogP contribution in [0.4, 0.5) is 29.1 Å². The zero-order valence-corrected chi connectivity index (χ0v) is 20.8. The van der Waals surface area contributed by atoms with Crippen LogP contribution in [0.3, 0.4) is 0 Å². The van der Waals surface area contributed by atoms with Gasteiger partial charge in [-0.15, -0.1) is 0 Å². The molecule has 3 aromatic carbocycles. The molecule has 4 aromatic rings. The highest BCUT2D eigenvalue weighted by atomic mass is 19.2. The van der Waals surface area contributed by atoms with Crippen LogP contribution in [0.5, 0.6) is 0 Å². The van der Waals surface area contributed by atoms with Crippen molar-refractivity contribution in [3.05, 3.63) is 95.2 Å². The van der Waals surface area contributed by atoms with E-state index in [1.54, 1.807) is 48.5 Å². The normalized spacial score (nSPS) is 10.5. The van der Waals surface area contributed by atoms with Gasteiger partial charge in [0.25, 0.3) is 0 Å². The number of carbonyl (C=O) groups is 1. The minimum atomic E-state index is -1.96. The van der Waals surface area contributed by atoms with Crippen LogP contribution in [0.1, 0.15) is 25.0 Å². The summed E-state index contributed by atoms with van der Waals surface area (Å²) in [7, 11) is 1.39. The summed E-state index contributed by atoms with van der Waals surface area (Å²) in [6.45, 7) is 5.08. The van der Waals surface area contributed by atoms with Gasteiger partial charge >= 0.3 is 0 Å². The third kappa shape index (κ3) is 5.61. The Morgan fingerprint density at radius 3 is 2.08 bits per heavy atom. The van der Waals surface area contributed by atoms with Crippen molar-refractivity contribution in [3.8, 4) is 22.5 Å². The summed E-state index contributed by atoms with van der Waals surface area (Å²) >= 11 is 0. The smallest absolute Gasteiger partial charge is 0.232 e. The van der Waals surface area contributed by atoms with Gasteiger partial charge in [-0.3, -0.25) is 9.69 Å². The number of benzene rings is 3. The molecule has 0 aliphatic carbocycles. The van der Waals surface area contributed by atoms with E-state index in [0.29, 0.717) is 22.6 Å². The summed E-state index contributed by atoms with van der Waals surface area (Å²) in [5, 5.41) is 0. The van der Waals surface area contributed by atoms with Gasteiger partial charge in [-0.2, -0.15) is 0 Å². The molecule has 9 heteroatoms. The van der Waals surface area contributed by atoms with E-state index in [1.165, 1.54) is 13.2 Å². The summed E-state index contributed by atoms with van der Waals surface area (Å²) in [4.78, 5) is 23.3. The predicted octanol–water partition coefficient (Wildman–Crippen LogP) is 6.49. The van der Waals surface area contributed by atoms with Crippen LogP contribution in [0, 0.1) is 30.2 Å². The van der Waals surface area contributed by atoms with E-state index < -0.39 is 46.7 Å². The number of aromatic nitrogens is 2. The second kappa shape index (κ2) is 11.6. The average Bonchev–Trinajstić information content (AvgIpc) is 2.94. The largest absolute Gasteiger partial charge is 0.399 e. The zero-order valence-electron chi connectivity index (χ0n) is 20.8. The van der Waals surface area contributed by atoms with Gasteiger partial charge in [0.05, 0.1) is 18.3 Å². The van der Waals surface area contributed by atoms with Crippen molar-refractivity contribution in [3.63, 3.8) is 0 Å². The van der Waals surface area contributed by atoms with Crippen LogP contribution in [-0.2, 0) is 11.2 Å². The van der Waals surface area contributed by atoms with E-state index in [2.05, 4.69) is 9.97 Å². The second-order valence-corrected chi connectivity index (χ2v) is 7.90. The quantitative estimate of drug-likeness (QED) is 0.144. The molecule has 0 atom stereocenters. The fourth-order valence-corrected chi connectivity index (χ4v) is 3.60. The lowest BCUT2D eigenvalue weighted by Gasteiger charge is -2.21. The fraction of sp³-hybridized carbons (Fsp3) is 0.179. The van der Waals surface area contributed by atoms with Gasteiger partial charge in [0.1, 0.15) is 5.69 Å². The van der Waals surface area contributed by atoms with Gasteiger partial charge in [-0.1, -0.05) is 56.3 Å². The Kier molecular flexibility index (Phi) is 8.60. The molecule has 0 bridgehead atoms. The number of halogens is 4. The molecule has 0 aliphatic rings. The lowest BCUT2D eigenvalue weighted by atomic mass is 10.0. The number of rotatable bonds is 5. The summed E-state index contributed by atoms with van der Waals surface area (Å²) in [5.74, 6) is -7.58. The third-order valence-corrected chi connectivity index (χ3v) is 5.65. The molecule has 192 valence electrons. The molecule has 0 spiro atoms. The SMILES string of the molecule is CC.Cc1c(F)c(F)c(F)c(F)c1CC(=O)N(C)c1ncc(-c2ccc(N)cc2)nc1-c1ccccc1. The topological polar surface area (TPSA) is 72.1 Å². The molecule has 0 saturated carbocycles. The Morgan fingerprint density at radius 2 is 1.46 bits per heavy atom. The number of nitrogen functional groups attached to an aromatic ring is 1. The van der Waals surface area contributed by atoms with Crippen molar-refractivity contribution in [1.29, 1.82) is 0 Å². The van der Waals surface area contributed by atoms with Gasteiger partial charge < -0.3 is 5.73 Å². The highest BCUT2D eigenvalue weighted by Gasteiger charge is 2.27. The monoisotopic (exact) mass is 510 g/mol. The molecule has 2 N–H and O–H groups in total. The molecule has 0 radical (unpaired) electrons. The standard InChI is InChI=1S/C26H20F4N4O.C2H6/c1-14-18(22(28)24(30)23(29)21(14)27)12-20(35)34(2)26-25(16-6-4-3-5-7-16)33-19(13-32-26)15-8-10-17(31)11-9-15;1-2/h3-11,13H,12,31H2,1-2H3;1-2H3. The Hall–Kier alpha value is -4.27. The second-order valence-electron chi connectivity index (χ2n) is 7.90. The molecule has 1 amide bonds. The van der Waals surface area contributed by atoms with Gasteiger partial charge in [0.15, 0.2) is 29.1 Å². The van der Waals surface area contributed by atoms with Crippen molar-refractivity contribution >= 4 is 17.4 Å². The maximum absolute atomic E-state index is 14.4. The van der Waals surface area contributed by atoms with Crippen molar-refractivity contribution in [2.75, 3.05) is 17.7 Å². The van der Waals surface area contributed by atoms with Crippen LogP contribution in [0.25, 0.3) is 22.5 Å². The van der Waals surface area contributed by atoms with Crippen LogP contribution < -0.4 is 10.6 Å². The lowest BCUT2D eigenvalue weighted by molar-refractivity contribution is -0.117. The van der Waals surface area contributed by atoms with Gasteiger partial charge in [0, 0.05) is 29.4 Å². The summed E-state index contributed by atoms with van der Waals surface area (Å²) in [5.41, 5.74) is 7.61. The summed E-state index contributed by atoms with van der Waals surface area (Å²) in [6, 6.07) is 16.0. The van der Waals surface area contributed by atoms with Crippen LogP contribution in [-0.4, -0.2) is 22.9 Å². The predicted molar refractivity (Wildman–Crippen MR) is 137 cm³/mol. The van der Waals surface area contributed by atoms with E-state index >= 15 is 0 Å². The van der Waals surface area contributed by atoms with Crippen LogP contribution >= 0.6 is 0 Å². The number of likely N-dealkylation sites (N-methyl/N-ethyl adjacent to an activating group) is 1. The zero-order chi connectivity index (χ0) is 27.3. The highest BCUT2D eigenvalue weighted by molar-refractivity contribution is 5.96. The number of hydrogen-bond acceptors (Lipinski definition) is 4. The minimum Gasteiger partial charge on any atom is -0.399 e. The van der Waals surface area contributed by atoms with Crippen molar-refractivity contribution < 1.29 is 22.4 Å². The molecule has 0 unspecified atom stereocenters. The molecular formula is C28H26F4N4O. The Morgan fingerprint density at radius 1 is 0.865 bits per heavy atom. The number of nitrogens with two attached hydrogens (primary N) is 1. The molecular weight excluding hydrogens is 484 g/mol. The molecule has 4 rings (SSSR count). The first-order chi connectivity index (χ1) is 17.7. The van der Waals surface area contributed by atoms with Crippen LogP contribution in [0.15, 0.2) is 60.8 Å². The number of nitrogens with zero attached hydrogens (tertiary/aromatic N) is 3. The summed E-state index contributed by atoms with van der Waals surface area (Å²) in [6.07, 6.45) is 0.762. The molecule has 0 aliphatic heterocycles. The molecule has 5 nitrogen and oxygen atoms in total. The number of anilines is 2. The number of carbonyl (C=O) groups excluding carboxylic acids is 1. The number of hydrogen-bond donors (Lipinski definition) is 1. The van der Waals surface area contributed by atoms with Gasteiger partial charge in [0.2, 0.25) is 5.91 Å². The lowest BCUT2D eigenvalue weighted by Crippen LogP contribution is -2.30. The van der Waals surface area contributed by atoms with Crippen LogP contribution in [0.2, 0.25) is 0 Å². The maximum Gasteiger partial charge on any atom is 0.232 e. The Labute approximate surface area is 212 Å². The van der Waals surface area contributed by atoms with Gasteiger partial charge in [-0.05, 0) is 24.6 Å². The Balaban J connectivity index is 0.00000186. The van der Waals surface area contributed by atoms with E-state index in [1.807, 2.05) is 19.9 Å². The van der Waals surface area contributed by atoms with Crippen molar-refractivity contribution in [2.24, 2.45) is 0 Å². The first kappa shape index (κ1) is 27.3. The van der Waals surface area contributed by atoms with Crippen molar-refractivity contribution in [2.45, 2.75) is 27.2 Å². The van der Waals surface area contributed by atoms with E-state index in [4.69, 9.17) is 5.73 Å². The minimum absolute atomic E-state index is 0.154. The molecule has 0 fully saturated rings. The molecule has 37 heavy (non-hydrogen) atoms. The highest BCUT2D eigenvalue weighted by Crippen LogP contribution is 2.31. The fourth-order valence-electron chi connectivity index (χ4n) is 3.60. The molecule has 1 heterocycles. The maximum atomic E-state index is 14.4. The first-order valence-electron chi connectivity index (χ1n) is 11.6. The van der Waals surface area contributed by atoms with E-state index in [-0.39, 0.29) is 5.82 Å². The van der Waals surface area contributed by atoms with E-state index in [9.17, 15) is 22.4 Å². The molecule has 1 aromatic heterocycles.